The molecule has 0 aliphatic carbocycles. The Hall–Kier alpha value is -4.41. The first-order valence-electron chi connectivity index (χ1n) is 15.7. The Kier molecular flexibility index (Phi) is 13.8. The fourth-order valence-corrected chi connectivity index (χ4v) is 4.73. The highest BCUT2D eigenvalue weighted by atomic mass is 16.6. The molecule has 11 heteroatoms. The maximum Gasteiger partial charge on any atom is 0.408 e. The first-order chi connectivity index (χ1) is 21.4. The molecule has 0 aromatic heterocycles. The van der Waals surface area contributed by atoms with Crippen molar-refractivity contribution in [1.29, 1.82) is 0 Å². The molecule has 2 aromatic rings. The van der Waals surface area contributed by atoms with Crippen LogP contribution in [0.3, 0.4) is 0 Å². The van der Waals surface area contributed by atoms with Gasteiger partial charge in [0.2, 0.25) is 17.7 Å². The van der Waals surface area contributed by atoms with E-state index in [4.69, 9.17) is 15.2 Å². The number of hydrogen-bond donors (Lipinski definition) is 3. The number of hydrogen-bond acceptors (Lipinski definition) is 7. The smallest absolute Gasteiger partial charge is 0.408 e. The second-order valence-corrected chi connectivity index (χ2v) is 13.1. The number of nitrogens with one attached hydrogen (secondary N) is 2. The molecule has 252 valence electrons. The van der Waals surface area contributed by atoms with Crippen LogP contribution in [0.2, 0.25) is 0 Å². The number of nitrogens with zero attached hydrogens (tertiary/aromatic N) is 1. The number of alkyl carbamates (subject to hydrolysis) is 1. The van der Waals surface area contributed by atoms with Gasteiger partial charge in [0.15, 0.2) is 0 Å². The first-order valence-corrected chi connectivity index (χ1v) is 15.7. The number of carbonyl (C=O) groups is 5. The zero-order chi connectivity index (χ0) is 34.7. The van der Waals surface area contributed by atoms with Gasteiger partial charge in [-0.25, -0.2) is 9.59 Å². The predicted octanol–water partition coefficient (Wildman–Crippen LogP) is 4.37. The second-order valence-electron chi connectivity index (χ2n) is 13.1. The SMILES string of the molecule is CCc1ccc(C(C(=O)NC(Cc2ccccc2)C(=O)OC(C)(C)C)N(CC)C(=O)C(CCC(N)=O)NC(=O)OC(C)(C)C)cc1. The molecular formula is C35H50N4O7. The molecule has 0 radical (unpaired) electrons. The molecule has 0 aliphatic rings. The second kappa shape index (κ2) is 16.8. The fourth-order valence-electron chi connectivity index (χ4n) is 4.73. The van der Waals surface area contributed by atoms with E-state index in [2.05, 4.69) is 10.6 Å². The molecule has 11 nitrogen and oxygen atoms in total. The minimum atomic E-state index is -1.22. The standard InChI is InChI=1S/C35H50N4O7/c1-9-23-16-18-25(19-17-23)29(30(41)37-27(32(43)45-34(3,4)5)22-24-14-12-11-13-15-24)39(10-2)31(42)26(20-21-28(36)40)38-33(44)46-35(6,7)8/h11-19,26-27,29H,9-10,20-22H2,1-8H3,(H2,36,40)(H,37,41)(H,38,44). The molecule has 46 heavy (non-hydrogen) atoms. The van der Waals surface area contributed by atoms with Gasteiger partial charge in [-0.2, -0.15) is 0 Å². The lowest BCUT2D eigenvalue weighted by atomic mass is 9.98. The molecule has 0 aliphatic heterocycles. The Bertz CT molecular complexity index is 1330. The van der Waals surface area contributed by atoms with Gasteiger partial charge in [0.1, 0.15) is 29.3 Å². The van der Waals surface area contributed by atoms with Crippen LogP contribution < -0.4 is 16.4 Å². The predicted molar refractivity (Wildman–Crippen MR) is 175 cm³/mol. The highest BCUT2D eigenvalue weighted by Gasteiger charge is 2.37. The molecule has 0 heterocycles. The van der Waals surface area contributed by atoms with Crippen LogP contribution in [0.4, 0.5) is 4.79 Å². The maximum absolute atomic E-state index is 14.3. The molecule has 0 spiro atoms. The van der Waals surface area contributed by atoms with Gasteiger partial charge in [-0.15, -0.1) is 0 Å². The van der Waals surface area contributed by atoms with E-state index in [9.17, 15) is 24.0 Å². The van der Waals surface area contributed by atoms with Crippen LogP contribution >= 0.6 is 0 Å². The number of rotatable bonds is 14. The number of esters is 1. The highest BCUT2D eigenvalue weighted by Crippen LogP contribution is 2.25. The third kappa shape index (κ3) is 12.5. The lowest BCUT2D eigenvalue weighted by Crippen LogP contribution is -2.55. The van der Waals surface area contributed by atoms with Crippen molar-refractivity contribution in [3.05, 3.63) is 71.3 Å². The molecule has 0 fully saturated rings. The summed E-state index contributed by atoms with van der Waals surface area (Å²) in [6, 6.07) is 13.0. The van der Waals surface area contributed by atoms with Gasteiger partial charge in [0, 0.05) is 19.4 Å². The van der Waals surface area contributed by atoms with E-state index in [1.165, 1.54) is 4.90 Å². The quantitative estimate of drug-likeness (QED) is 0.260. The van der Waals surface area contributed by atoms with Crippen LogP contribution in [0.1, 0.15) is 91.0 Å². The number of primary amides is 1. The van der Waals surface area contributed by atoms with Gasteiger partial charge < -0.3 is 30.7 Å². The molecule has 2 rings (SSSR count). The number of ether oxygens (including phenoxy) is 2. The van der Waals surface area contributed by atoms with Crippen LogP contribution in [-0.2, 0) is 41.5 Å². The largest absolute Gasteiger partial charge is 0.458 e. The molecule has 4 amide bonds. The summed E-state index contributed by atoms with van der Waals surface area (Å²) in [5.41, 5.74) is 6.06. The Morgan fingerprint density at radius 3 is 1.87 bits per heavy atom. The number of amides is 4. The number of benzene rings is 2. The van der Waals surface area contributed by atoms with E-state index in [0.29, 0.717) is 5.56 Å². The number of aryl methyl sites for hydroxylation is 1. The van der Waals surface area contributed by atoms with E-state index >= 15 is 0 Å². The van der Waals surface area contributed by atoms with E-state index in [-0.39, 0.29) is 25.8 Å². The Labute approximate surface area is 272 Å². The molecule has 3 atom stereocenters. The normalized spacial score (nSPS) is 13.5. The van der Waals surface area contributed by atoms with Crippen molar-refractivity contribution in [3.8, 4) is 0 Å². The van der Waals surface area contributed by atoms with Gasteiger partial charge in [0.25, 0.3) is 0 Å². The van der Waals surface area contributed by atoms with Crippen molar-refractivity contribution in [1.82, 2.24) is 15.5 Å². The van der Waals surface area contributed by atoms with Gasteiger partial charge >= 0.3 is 12.1 Å². The van der Waals surface area contributed by atoms with E-state index in [1.807, 2.05) is 49.4 Å². The van der Waals surface area contributed by atoms with Crippen LogP contribution in [0.15, 0.2) is 54.6 Å². The van der Waals surface area contributed by atoms with Gasteiger partial charge in [-0.3, -0.25) is 14.4 Å². The van der Waals surface area contributed by atoms with Gasteiger partial charge in [-0.05, 0) is 78.0 Å². The van der Waals surface area contributed by atoms with Crippen LogP contribution in [0, 0.1) is 0 Å². The Balaban J connectivity index is 2.55. The highest BCUT2D eigenvalue weighted by molar-refractivity contribution is 5.94. The zero-order valence-corrected chi connectivity index (χ0v) is 28.3. The summed E-state index contributed by atoms with van der Waals surface area (Å²) in [6.07, 6.45) is -0.233. The zero-order valence-electron chi connectivity index (χ0n) is 28.3. The Morgan fingerprint density at radius 1 is 0.783 bits per heavy atom. The molecule has 2 aromatic carbocycles. The number of likely N-dealkylation sites (N-methyl/N-ethyl adjacent to an activating group) is 1. The summed E-state index contributed by atoms with van der Waals surface area (Å²) in [5, 5.41) is 5.41. The first kappa shape index (κ1) is 37.8. The van der Waals surface area contributed by atoms with Crippen molar-refractivity contribution in [2.24, 2.45) is 5.73 Å². The van der Waals surface area contributed by atoms with E-state index < -0.39 is 59.1 Å². The van der Waals surface area contributed by atoms with Gasteiger partial charge in [-0.1, -0.05) is 61.5 Å². The molecule has 3 unspecified atom stereocenters. The fraction of sp³-hybridized carbons (Fsp3) is 0.514. The van der Waals surface area contributed by atoms with E-state index in [0.717, 1.165) is 17.5 Å². The summed E-state index contributed by atoms with van der Waals surface area (Å²) in [7, 11) is 0. The summed E-state index contributed by atoms with van der Waals surface area (Å²) in [5.74, 6) is -2.51. The van der Waals surface area contributed by atoms with Crippen molar-refractivity contribution in [3.63, 3.8) is 0 Å². The minimum Gasteiger partial charge on any atom is -0.458 e. The third-order valence-electron chi connectivity index (χ3n) is 6.85. The number of carbonyl (C=O) groups excluding carboxylic acids is 5. The molecular weight excluding hydrogens is 588 g/mol. The molecule has 0 bridgehead atoms. The van der Waals surface area contributed by atoms with Crippen LogP contribution in [0.5, 0.6) is 0 Å². The van der Waals surface area contributed by atoms with Crippen molar-refractivity contribution in [2.45, 2.75) is 110 Å². The monoisotopic (exact) mass is 638 g/mol. The Morgan fingerprint density at radius 2 is 1.37 bits per heavy atom. The average Bonchev–Trinajstić information content (AvgIpc) is 2.96. The third-order valence-corrected chi connectivity index (χ3v) is 6.85. The summed E-state index contributed by atoms with van der Waals surface area (Å²) >= 11 is 0. The topological polar surface area (TPSA) is 157 Å². The number of nitrogens with two attached hydrogens (primary N) is 1. The lowest BCUT2D eigenvalue weighted by molar-refractivity contribution is -0.159. The molecule has 4 N–H and O–H groups in total. The summed E-state index contributed by atoms with van der Waals surface area (Å²) in [6.45, 7) is 14.0. The minimum absolute atomic E-state index is 0.0608. The van der Waals surface area contributed by atoms with Crippen molar-refractivity contribution >= 4 is 29.8 Å². The summed E-state index contributed by atoms with van der Waals surface area (Å²) in [4.78, 5) is 67.5. The van der Waals surface area contributed by atoms with Crippen LogP contribution in [-0.4, -0.2) is 64.5 Å². The lowest BCUT2D eigenvalue weighted by Gasteiger charge is -2.34. The average molecular weight is 639 g/mol. The van der Waals surface area contributed by atoms with Gasteiger partial charge in [0.05, 0.1) is 0 Å². The van der Waals surface area contributed by atoms with Crippen molar-refractivity contribution < 1.29 is 33.4 Å². The summed E-state index contributed by atoms with van der Waals surface area (Å²) < 4.78 is 11.0. The maximum atomic E-state index is 14.3. The van der Waals surface area contributed by atoms with Crippen LogP contribution in [0.25, 0.3) is 0 Å². The molecule has 0 saturated heterocycles. The molecule has 0 saturated carbocycles. The van der Waals surface area contributed by atoms with Crippen molar-refractivity contribution in [2.75, 3.05) is 6.54 Å². The van der Waals surface area contributed by atoms with E-state index in [1.54, 1.807) is 60.6 Å².